The second-order valence-electron chi connectivity index (χ2n) is 6.14. The minimum Gasteiger partial charge on any atom is -1.00 e. The highest BCUT2D eigenvalue weighted by atomic mass is 35.5. The molecule has 20 heavy (non-hydrogen) atoms. The van der Waals surface area contributed by atoms with Crippen LogP contribution in [0, 0.1) is 0 Å². The summed E-state index contributed by atoms with van der Waals surface area (Å²) in [5.41, 5.74) is 1.49. The van der Waals surface area contributed by atoms with Crippen LogP contribution in [0.2, 0.25) is 0 Å². The maximum absolute atomic E-state index is 10.2. The fourth-order valence-corrected chi connectivity index (χ4v) is 3.81. The first-order valence-corrected chi connectivity index (χ1v) is 7.81. The molecule has 3 rings (SSSR count). The van der Waals surface area contributed by atoms with Crippen LogP contribution in [0.5, 0.6) is 0 Å². The number of hydrogen-bond acceptors (Lipinski definition) is 2. The fraction of sp³-hybridized carbons (Fsp3) is 0.647. The summed E-state index contributed by atoms with van der Waals surface area (Å²) in [6, 6.07) is 11.3. The SMILES string of the molecule is O[C@@H]1CCCC[C@H]1N1CCC(c2ccccc2)CC1.[Cl-]. The Balaban J connectivity index is 0.00000147. The molecule has 0 radical (unpaired) electrons. The van der Waals surface area contributed by atoms with Crippen LogP contribution in [0.4, 0.5) is 0 Å². The number of aliphatic hydroxyl groups excluding tert-OH is 1. The predicted octanol–water partition coefficient (Wildman–Crippen LogP) is 0.174. The van der Waals surface area contributed by atoms with E-state index in [2.05, 4.69) is 35.2 Å². The van der Waals surface area contributed by atoms with Crippen LogP contribution in [0.25, 0.3) is 0 Å². The molecule has 0 amide bonds. The largest absolute Gasteiger partial charge is 1.00 e. The Morgan fingerprint density at radius 3 is 2.20 bits per heavy atom. The third-order valence-electron chi connectivity index (χ3n) is 4.96. The van der Waals surface area contributed by atoms with Gasteiger partial charge in [-0.1, -0.05) is 43.2 Å². The maximum Gasteiger partial charge on any atom is 0.0695 e. The van der Waals surface area contributed by atoms with Gasteiger partial charge >= 0.3 is 0 Å². The normalized spacial score (nSPS) is 28.9. The first-order chi connectivity index (χ1) is 9.34. The predicted molar refractivity (Wildman–Crippen MR) is 78.3 cm³/mol. The second kappa shape index (κ2) is 7.44. The Morgan fingerprint density at radius 1 is 0.900 bits per heavy atom. The Hall–Kier alpha value is -0.570. The maximum atomic E-state index is 10.2. The molecule has 1 aliphatic carbocycles. The number of hydrogen-bond donors (Lipinski definition) is 1. The number of halogens is 1. The van der Waals surface area contributed by atoms with Gasteiger partial charge in [0.2, 0.25) is 0 Å². The average Bonchev–Trinajstić information content (AvgIpc) is 2.49. The number of likely N-dealkylation sites (tertiary alicyclic amines) is 1. The third-order valence-corrected chi connectivity index (χ3v) is 4.96. The second-order valence-corrected chi connectivity index (χ2v) is 6.14. The first kappa shape index (κ1) is 15.8. The lowest BCUT2D eigenvalue weighted by atomic mass is 9.86. The van der Waals surface area contributed by atoms with E-state index >= 15 is 0 Å². The number of piperidine rings is 1. The zero-order valence-corrected chi connectivity index (χ0v) is 12.8. The molecule has 1 aromatic rings. The van der Waals surface area contributed by atoms with Crippen molar-refractivity contribution in [2.24, 2.45) is 0 Å². The van der Waals surface area contributed by atoms with Gasteiger partial charge in [0.05, 0.1) is 6.10 Å². The zero-order chi connectivity index (χ0) is 13.1. The smallest absolute Gasteiger partial charge is 0.0695 e. The van der Waals surface area contributed by atoms with E-state index in [1.807, 2.05) is 0 Å². The van der Waals surface area contributed by atoms with E-state index in [4.69, 9.17) is 0 Å². The molecule has 0 aromatic heterocycles. The van der Waals surface area contributed by atoms with E-state index < -0.39 is 0 Å². The van der Waals surface area contributed by atoms with Gasteiger partial charge in [0.1, 0.15) is 0 Å². The van der Waals surface area contributed by atoms with Crippen molar-refractivity contribution in [3.63, 3.8) is 0 Å². The Morgan fingerprint density at radius 2 is 1.55 bits per heavy atom. The van der Waals surface area contributed by atoms with Crippen LogP contribution < -0.4 is 12.4 Å². The van der Waals surface area contributed by atoms with Crippen LogP contribution in [0.15, 0.2) is 30.3 Å². The summed E-state index contributed by atoms with van der Waals surface area (Å²) < 4.78 is 0. The van der Waals surface area contributed by atoms with Crippen molar-refractivity contribution in [3.8, 4) is 0 Å². The standard InChI is InChI=1S/C17H25NO.ClH/c19-17-9-5-4-8-16(17)18-12-10-15(11-13-18)14-6-2-1-3-7-14;/h1-3,6-7,15-17,19H,4-5,8-13H2;1H/p-1/t16-,17-;/m1./s1. The molecule has 0 bridgehead atoms. The molecule has 1 heterocycles. The zero-order valence-electron chi connectivity index (χ0n) is 12.0. The lowest BCUT2D eigenvalue weighted by Crippen LogP contribution is -3.00. The molecule has 2 fully saturated rings. The quantitative estimate of drug-likeness (QED) is 0.841. The van der Waals surface area contributed by atoms with Gasteiger partial charge in [-0.25, -0.2) is 0 Å². The van der Waals surface area contributed by atoms with Gasteiger partial charge in [-0.15, -0.1) is 0 Å². The van der Waals surface area contributed by atoms with Crippen LogP contribution in [0.1, 0.15) is 50.0 Å². The van der Waals surface area contributed by atoms with Crippen molar-refractivity contribution >= 4 is 0 Å². The average molecular weight is 295 g/mol. The minimum atomic E-state index is -0.0815. The molecular weight excluding hydrogens is 270 g/mol. The van der Waals surface area contributed by atoms with E-state index in [1.54, 1.807) is 0 Å². The number of rotatable bonds is 2. The molecule has 2 atom stereocenters. The lowest BCUT2D eigenvalue weighted by Gasteiger charge is -2.41. The van der Waals surface area contributed by atoms with E-state index in [9.17, 15) is 5.11 Å². The van der Waals surface area contributed by atoms with Crippen molar-refractivity contribution in [1.82, 2.24) is 4.90 Å². The molecule has 0 unspecified atom stereocenters. The summed E-state index contributed by atoms with van der Waals surface area (Å²) in [5.74, 6) is 0.721. The van der Waals surface area contributed by atoms with Crippen molar-refractivity contribution < 1.29 is 17.5 Å². The van der Waals surface area contributed by atoms with Gasteiger partial charge < -0.3 is 17.5 Å². The Bertz CT molecular complexity index is 389. The number of aliphatic hydroxyl groups is 1. The van der Waals surface area contributed by atoms with Gasteiger partial charge in [0, 0.05) is 6.04 Å². The summed E-state index contributed by atoms with van der Waals surface area (Å²) >= 11 is 0. The highest BCUT2D eigenvalue weighted by molar-refractivity contribution is 5.20. The molecule has 2 aliphatic rings. The van der Waals surface area contributed by atoms with E-state index in [1.165, 1.54) is 37.7 Å². The van der Waals surface area contributed by atoms with Crippen molar-refractivity contribution in [2.75, 3.05) is 13.1 Å². The van der Waals surface area contributed by atoms with Gasteiger partial charge in [-0.05, 0) is 50.3 Å². The molecule has 1 N–H and O–H groups in total. The molecule has 112 valence electrons. The third kappa shape index (κ3) is 3.55. The Labute approximate surface area is 128 Å². The van der Waals surface area contributed by atoms with Crippen molar-refractivity contribution in [2.45, 2.75) is 56.6 Å². The monoisotopic (exact) mass is 294 g/mol. The van der Waals surface area contributed by atoms with E-state index in [0.29, 0.717) is 6.04 Å². The Kier molecular flexibility index (Phi) is 5.88. The van der Waals surface area contributed by atoms with Gasteiger partial charge in [-0.2, -0.15) is 0 Å². The first-order valence-electron chi connectivity index (χ1n) is 7.81. The van der Waals surface area contributed by atoms with E-state index in [-0.39, 0.29) is 18.5 Å². The van der Waals surface area contributed by atoms with Crippen LogP contribution in [-0.4, -0.2) is 35.2 Å². The summed E-state index contributed by atoms with van der Waals surface area (Å²) in [5, 5.41) is 10.2. The van der Waals surface area contributed by atoms with Crippen LogP contribution in [0.3, 0.4) is 0 Å². The molecule has 0 spiro atoms. The van der Waals surface area contributed by atoms with Gasteiger partial charge in [-0.3, -0.25) is 4.90 Å². The molecule has 1 saturated carbocycles. The topological polar surface area (TPSA) is 23.5 Å². The molecule has 1 saturated heterocycles. The lowest BCUT2D eigenvalue weighted by molar-refractivity contribution is -0.0000145. The summed E-state index contributed by atoms with van der Waals surface area (Å²) in [4.78, 5) is 2.54. The molecule has 3 heteroatoms. The van der Waals surface area contributed by atoms with Crippen molar-refractivity contribution in [3.05, 3.63) is 35.9 Å². The molecule has 1 aromatic carbocycles. The van der Waals surface area contributed by atoms with Gasteiger partial charge in [0.25, 0.3) is 0 Å². The molecular formula is C17H25ClNO-. The number of benzene rings is 1. The van der Waals surface area contributed by atoms with Crippen LogP contribution >= 0.6 is 0 Å². The highest BCUT2D eigenvalue weighted by Crippen LogP contribution is 2.31. The number of nitrogens with zero attached hydrogens (tertiary/aromatic N) is 1. The minimum absolute atomic E-state index is 0. The summed E-state index contributed by atoms with van der Waals surface area (Å²) in [6.45, 7) is 2.31. The van der Waals surface area contributed by atoms with Gasteiger partial charge in [0.15, 0.2) is 0 Å². The molecule has 2 nitrogen and oxygen atoms in total. The van der Waals surface area contributed by atoms with Crippen LogP contribution in [-0.2, 0) is 0 Å². The summed E-state index contributed by atoms with van der Waals surface area (Å²) in [7, 11) is 0. The molecule has 1 aliphatic heterocycles. The van der Waals surface area contributed by atoms with E-state index in [0.717, 1.165) is 25.4 Å². The summed E-state index contributed by atoms with van der Waals surface area (Å²) in [6.07, 6.45) is 7.10. The fourth-order valence-electron chi connectivity index (χ4n) is 3.81. The highest BCUT2D eigenvalue weighted by Gasteiger charge is 2.31. The van der Waals surface area contributed by atoms with Crippen molar-refractivity contribution in [1.29, 1.82) is 0 Å².